The summed E-state index contributed by atoms with van der Waals surface area (Å²) in [6, 6.07) is 17.4. The summed E-state index contributed by atoms with van der Waals surface area (Å²) in [4.78, 5) is 14.5. The molecule has 0 saturated carbocycles. The lowest BCUT2D eigenvalue weighted by Gasteiger charge is -2.29. The summed E-state index contributed by atoms with van der Waals surface area (Å²) in [7, 11) is -3.76. The second-order valence-electron chi connectivity index (χ2n) is 7.98. The van der Waals surface area contributed by atoms with Crippen molar-refractivity contribution in [2.75, 3.05) is 29.4 Å². The predicted octanol–water partition coefficient (Wildman–Crippen LogP) is 4.22. The zero-order valence-corrected chi connectivity index (χ0v) is 19.6. The van der Waals surface area contributed by atoms with Gasteiger partial charge < -0.3 is 14.4 Å². The van der Waals surface area contributed by atoms with Gasteiger partial charge in [0, 0.05) is 5.69 Å². The standard InChI is InChI=1S/C25H26N2O5S/c1-17-8-9-20(14-18(17)2)26-33(29,30)21-10-11-23(19(3)15-21)32-16-25(28)27-12-13-31-24-7-5-4-6-22(24)27/h4-11,14-15,26H,12-13,16H2,1-3H3. The van der Waals surface area contributed by atoms with E-state index in [4.69, 9.17) is 9.47 Å². The number of rotatable bonds is 6. The van der Waals surface area contributed by atoms with E-state index in [0.29, 0.717) is 41.6 Å². The van der Waals surface area contributed by atoms with Gasteiger partial charge in [0.2, 0.25) is 0 Å². The molecule has 8 heteroatoms. The maximum atomic E-state index is 12.8. The summed E-state index contributed by atoms with van der Waals surface area (Å²) in [6.45, 7) is 6.35. The zero-order valence-electron chi connectivity index (χ0n) is 18.8. The Kier molecular flexibility index (Phi) is 6.29. The molecule has 7 nitrogen and oxygen atoms in total. The highest BCUT2D eigenvalue weighted by Gasteiger charge is 2.24. The molecule has 172 valence electrons. The minimum atomic E-state index is -3.76. The Morgan fingerprint density at radius 1 is 1.00 bits per heavy atom. The fourth-order valence-corrected chi connectivity index (χ4v) is 4.75. The molecular weight excluding hydrogens is 440 g/mol. The van der Waals surface area contributed by atoms with Crippen LogP contribution in [0, 0.1) is 20.8 Å². The number of benzene rings is 3. The van der Waals surface area contributed by atoms with Crippen LogP contribution in [-0.4, -0.2) is 34.1 Å². The highest BCUT2D eigenvalue weighted by Crippen LogP contribution is 2.31. The van der Waals surface area contributed by atoms with E-state index in [9.17, 15) is 13.2 Å². The van der Waals surface area contributed by atoms with E-state index in [2.05, 4.69) is 4.72 Å². The second kappa shape index (κ2) is 9.15. The first kappa shape index (κ1) is 22.7. The number of amides is 1. The van der Waals surface area contributed by atoms with Gasteiger partial charge in [0.1, 0.15) is 18.1 Å². The molecule has 3 aromatic carbocycles. The minimum absolute atomic E-state index is 0.124. The number of nitrogens with one attached hydrogen (secondary N) is 1. The molecule has 0 spiro atoms. The Balaban J connectivity index is 1.44. The summed E-state index contributed by atoms with van der Waals surface area (Å²) in [5.74, 6) is 0.924. The van der Waals surface area contributed by atoms with Crippen molar-refractivity contribution >= 4 is 27.3 Å². The van der Waals surface area contributed by atoms with Gasteiger partial charge >= 0.3 is 0 Å². The maximum Gasteiger partial charge on any atom is 0.265 e. The lowest BCUT2D eigenvalue weighted by atomic mass is 10.1. The molecule has 0 aromatic heterocycles. The van der Waals surface area contributed by atoms with Crippen LogP contribution in [0.25, 0.3) is 0 Å². The predicted molar refractivity (Wildman–Crippen MR) is 128 cm³/mol. The van der Waals surface area contributed by atoms with Gasteiger partial charge in [-0.2, -0.15) is 0 Å². The van der Waals surface area contributed by atoms with Crippen LogP contribution in [0.15, 0.2) is 65.6 Å². The van der Waals surface area contributed by atoms with Crippen LogP contribution in [-0.2, 0) is 14.8 Å². The minimum Gasteiger partial charge on any atom is -0.490 e. The van der Waals surface area contributed by atoms with Crippen LogP contribution in [0.3, 0.4) is 0 Å². The van der Waals surface area contributed by atoms with Crippen molar-refractivity contribution in [2.24, 2.45) is 0 Å². The van der Waals surface area contributed by atoms with Gasteiger partial charge in [0.05, 0.1) is 17.1 Å². The number of sulfonamides is 1. The van der Waals surface area contributed by atoms with Crippen molar-refractivity contribution in [3.8, 4) is 11.5 Å². The van der Waals surface area contributed by atoms with E-state index < -0.39 is 10.0 Å². The van der Waals surface area contributed by atoms with Gasteiger partial charge in [-0.15, -0.1) is 0 Å². The topological polar surface area (TPSA) is 84.9 Å². The number of para-hydroxylation sites is 2. The number of anilines is 2. The molecule has 0 aliphatic carbocycles. The lowest BCUT2D eigenvalue weighted by Crippen LogP contribution is -2.40. The molecule has 0 radical (unpaired) electrons. The van der Waals surface area contributed by atoms with Crippen LogP contribution in [0.1, 0.15) is 16.7 Å². The average molecular weight is 467 g/mol. The third-order valence-corrected chi connectivity index (χ3v) is 6.98. The third kappa shape index (κ3) is 4.96. The van der Waals surface area contributed by atoms with E-state index in [0.717, 1.165) is 11.1 Å². The van der Waals surface area contributed by atoms with Gasteiger partial charge in [-0.3, -0.25) is 9.52 Å². The largest absolute Gasteiger partial charge is 0.490 e. The van der Waals surface area contributed by atoms with Crippen molar-refractivity contribution in [2.45, 2.75) is 25.7 Å². The molecule has 1 amide bonds. The fourth-order valence-electron chi connectivity index (χ4n) is 3.62. The monoisotopic (exact) mass is 466 g/mol. The zero-order chi connectivity index (χ0) is 23.6. The van der Waals surface area contributed by atoms with Gasteiger partial charge in [0.15, 0.2) is 6.61 Å². The molecule has 0 bridgehead atoms. The number of carbonyl (C=O) groups excluding carboxylic acids is 1. The van der Waals surface area contributed by atoms with Gasteiger partial charge in [-0.1, -0.05) is 18.2 Å². The van der Waals surface area contributed by atoms with E-state index >= 15 is 0 Å². The molecule has 33 heavy (non-hydrogen) atoms. The first-order valence-electron chi connectivity index (χ1n) is 10.6. The number of nitrogens with zero attached hydrogens (tertiary/aromatic N) is 1. The Labute approximate surface area is 194 Å². The lowest BCUT2D eigenvalue weighted by molar-refractivity contribution is -0.120. The van der Waals surface area contributed by atoms with Crippen LogP contribution >= 0.6 is 0 Å². The Morgan fingerprint density at radius 2 is 1.79 bits per heavy atom. The van der Waals surface area contributed by atoms with Crippen molar-refractivity contribution in [1.82, 2.24) is 0 Å². The Hall–Kier alpha value is -3.52. The number of hydrogen-bond donors (Lipinski definition) is 1. The van der Waals surface area contributed by atoms with Crippen molar-refractivity contribution in [3.05, 3.63) is 77.4 Å². The molecule has 0 atom stereocenters. The van der Waals surface area contributed by atoms with Gasteiger partial charge in [-0.05, 0) is 79.9 Å². The van der Waals surface area contributed by atoms with Crippen LogP contribution in [0.5, 0.6) is 11.5 Å². The SMILES string of the molecule is Cc1ccc(NS(=O)(=O)c2ccc(OCC(=O)N3CCOc4ccccc43)c(C)c2)cc1C. The Bertz CT molecular complexity index is 1300. The average Bonchev–Trinajstić information content (AvgIpc) is 2.80. The number of fused-ring (bicyclic) bond motifs is 1. The van der Waals surface area contributed by atoms with Crippen LogP contribution in [0.4, 0.5) is 11.4 Å². The molecule has 1 N–H and O–H groups in total. The molecule has 0 unspecified atom stereocenters. The summed E-state index contributed by atoms with van der Waals surface area (Å²) in [6.07, 6.45) is 0. The normalized spacial score (nSPS) is 13.1. The summed E-state index contributed by atoms with van der Waals surface area (Å²) in [5.41, 5.74) is 3.93. The molecule has 1 aliphatic heterocycles. The van der Waals surface area contributed by atoms with Crippen molar-refractivity contribution in [3.63, 3.8) is 0 Å². The highest BCUT2D eigenvalue weighted by atomic mass is 32.2. The maximum absolute atomic E-state index is 12.8. The second-order valence-corrected chi connectivity index (χ2v) is 9.66. The Morgan fingerprint density at radius 3 is 2.55 bits per heavy atom. The molecule has 1 aliphatic rings. The summed E-state index contributed by atoms with van der Waals surface area (Å²) in [5, 5.41) is 0. The molecular formula is C25H26N2O5S. The van der Waals surface area contributed by atoms with Gasteiger partial charge in [0.25, 0.3) is 15.9 Å². The first-order chi connectivity index (χ1) is 15.7. The highest BCUT2D eigenvalue weighted by molar-refractivity contribution is 7.92. The molecule has 3 aromatic rings. The molecule has 0 fully saturated rings. The number of aryl methyl sites for hydroxylation is 3. The summed E-state index contributed by atoms with van der Waals surface area (Å²) < 4.78 is 39.6. The quantitative estimate of drug-likeness (QED) is 0.588. The smallest absolute Gasteiger partial charge is 0.265 e. The fraction of sp³-hybridized carbons (Fsp3) is 0.240. The van der Waals surface area contributed by atoms with E-state index in [1.165, 1.54) is 12.1 Å². The van der Waals surface area contributed by atoms with E-state index in [1.54, 1.807) is 30.0 Å². The summed E-state index contributed by atoms with van der Waals surface area (Å²) >= 11 is 0. The van der Waals surface area contributed by atoms with Crippen LogP contribution < -0.4 is 19.1 Å². The van der Waals surface area contributed by atoms with Gasteiger partial charge in [-0.25, -0.2) is 8.42 Å². The van der Waals surface area contributed by atoms with Crippen molar-refractivity contribution in [1.29, 1.82) is 0 Å². The molecule has 0 saturated heterocycles. The molecule has 1 heterocycles. The number of hydrogen-bond acceptors (Lipinski definition) is 5. The van der Waals surface area contributed by atoms with E-state index in [1.807, 2.05) is 44.2 Å². The van der Waals surface area contributed by atoms with E-state index in [-0.39, 0.29) is 17.4 Å². The number of ether oxygens (including phenoxy) is 2. The van der Waals surface area contributed by atoms with Crippen LogP contribution in [0.2, 0.25) is 0 Å². The third-order valence-electron chi connectivity index (χ3n) is 5.60. The number of carbonyl (C=O) groups is 1. The first-order valence-corrected chi connectivity index (χ1v) is 12.1. The van der Waals surface area contributed by atoms with Crippen molar-refractivity contribution < 1.29 is 22.7 Å². The molecule has 4 rings (SSSR count).